The molecule has 178 valence electrons. The molecule has 0 amide bonds. The second-order valence-corrected chi connectivity index (χ2v) is 7.36. The summed E-state index contributed by atoms with van der Waals surface area (Å²) in [4.78, 5) is 13.1. The van der Waals surface area contributed by atoms with Gasteiger partial charge in [-0.3, -0.25) is 4.79 Å². The summed E-state index contributed by atoms with van der Waals surface area (Å²) < 4.78 is 31.7. The van der Waals surface area contributed by atoms with Crippen LogP contribution in [0, 0.1) is 0 Å². The maximum Gasteiger partial charge on any atom is 0.189 e. The van der Waals surface area contributed by atoms with Gasteiger partial charge < -0.3 is 28.4 Å². The van der Waals surface area contributed by atoms with E-state index in [2.05, 4.69) is 6.08 Å². The lowest BCUT2D eigenvalue weighted by Crippen LogP contribution is -2.08. The van der Waals surface area contributed by atoms with Crippen LogP contribution in [0.3, 0.4) is 0 Å². The third-order valence-electron chi connectivity index (χ3n) is 4.47. The van der Waals surface area contributed by atoms with Gasteiger partial charge in [0.25, 0.3) is 0 Å². The predicted octanol–water partition coefficient (Wildman–Crippen LogP) is 5.04. The first-order valence-corrected chi connectivity index (χ1v) is 10.5. The molecule has 0 saturated carbocycles. The molecule has 2 aromatic carbocycles. The molecule has 33 heavy (non-hydrogen) atoms. The molecule has 0 fully saturated rings. The van der Waals surface area contributed by atoms with E-state index in [4.69, 9.17) is 28.4 Å². The quantitative estimate of drug-likeness (QED) is 0.171. The molecule has 0 atom stereocenters. The van der Waals surface area contributed by atoms with Gasteiger partial charge in [-0.05, 0) is 55.7 Å². The molecular formula is C26H32O7. The average Bonchev–Trinajstić information content (AvgIpc) is 2.82. The van der Waals surface area contributed by atoms with E-state index < -0.39 is 0 Å². The Hall–Kier alpha value is -3.13. The monoisotopic (exact) mass is 456 g/mol. The van der Waals surface area contributed by atoms with Crippen LogP contribution in [0.4, 0.5) is 0 Å². The van der Waals surface area contributed by atoms with Gasteiger partial charge in [-0.2, -0.15) is 0 Å². The van der Waals surface area contributed by atoms with Crippen LogP contribution < -0.4 is 14.2 Å². The zero-order chi connectivity index (χ0) is 24.1. The van der Waals surface area contributed by atoms with Crippen molar-refractivity contribution in [2.45, 2.75) is 20.3 Å². The lowest BCUT2D eigenvalue weighted by molar-refractivity contribution is 0.0452. The molecule has 0 unspecified atom stereocenters. The van der Waals surface area contributed by atoms with E-state index in [1.807, 2.05) is 38.1 Å². The van der Waals surface area contributed by atoms with Crippen molar-refractivity contribution in [2.75, 3.05) is 41.7 Å². The van der Waals surface area contributed by atoms with E-state index in [9.17, 15) is 4.79 Å². The smallest absolute Gasteiger partial charge is 0.189 e. The van der Waals surface area contributed by atoms with E-state index in [1.165, 1.54) is 13.2 Å². The standard InChI is InChI=1S/C26H32O7/c1-19(2)6-10-21-14-23(26(33-18-30-5)15-25(21)32-17-29-4)24(27)13-9-20-7-11-22(12-8-20)31-16-28-3/h6-9,11-15H,10,16-18H2,1-5H3/b13-9+. The van der Waals surface area contributed by atoms with Crippen LogP contribution in [0.15, 0.2) is 54.1 Å². The van der Waals surface area contributed by atoms with Crippen molar-refractivity contribution in [1.29, 1.82) is 0 Å². The lowest BCUT2D eigenvalue weighted by atomic mass is 10.0. The molecule has 0 N–H and O–H groups in total. The Morgan fingerprint density at radius 1 is 0.818 bits per heavy atom. The largest absolute Gasteiger partial charge is 0.468 e. The molecule has 7 heteroatoms. The van der Waals surface area contributed by atoms with E-state index in [0.29, 0.717) is 29.2 Å². The molecule has 0 aromatic heterocycles. The summed E-state index contributed by atoms with van der Waals surface area (Å²) in [5.41, 5.74) is 3.30. The number of hydrogen-bond acceptors (Lipinski definition) is 7. The minimum absolute atomic E-state index is 0.00393. The number of rotatable bonds is 14. The molecule has 0 aliphatic heterocycles. The Balaban J connectivity index is 2.33. The van der Waals surface area contributed by atoms with Crippen LogP contribution in [0.2, 0.25) is 0 Å². The van der Waals surface area contributed by atoms with Gasteiger partial charge in [-0.1, -0.05) is 29.9 Å². The maximum atomic E-state index is 13.1. The maximum absolute atomic E-state index is 13.1. The highest BCUT2D eigenvalue weighted by atomic mass is 16.7. The van der Waals surface area contributed by atoms with Crippen LogP contribution in [0.1, 0.15) is 35.3 Å². The highest BCUT2D eigenvalue weighted by Crippen LogP contribution is 2.31. The van der Waals surface area contributed by atoms with Crippen LogP contribution in [-0.4, -0.2) is 47.5 Å². The summed E-state index contributed by atoms with van der Waals surface area (Å²) >= 11 is 0. The van der Waals surface area contributed by atoms with E-state index >= 15 is 0 Å². The second-order valence-electron chi connectivity index (χ2n) is 7.36. The van der Waals surface area contributed by atoms with Crippen LogP contribution in [-0.2, 0) is 20.6 Å². The Bertz CT molecular complexity index is 942. The molecule has 0 spiro atoms. The summed E-state index contributed by atoms with van der Waals surface area (Å²) in [7, 11) is 4.64. The number of hydrogen-bond donors (Lipinski definition) is 0. The van der Waals surface area contributed by atoms with Crippen molar-refractivity contribution in [1.82, 2.24) is 0 Å². The van der Waals surface area contributed by atoms with Crippen molar-refractivity contribution < 1.29 is 33.2 Å². The van der Waals surface area contributed by atoms with Gasteiger partial charge in [0.1, 0.15) is 17.2 Å². The fourth-order valence-corrected chi connectivity index (χ4v) is 2.83. The van der Waals surface area contributed by atoms with Gasteiger partial charge in [-0.15, -0.1) is 0 Å². The fourth-order valence-electron chi connectivity index (χ4n) is 2.83. The first-order chi connectivity index (χ1) is 16.0. The molecule has 2 rings (SSSR count). The van der Waals surface area contributed by atoms with Gasteiger partial charge in [0.15, 0.2) is 26.2 Å². The molecule has 0 radical (unpaired) electrons. The normalized spacial score (nSPS) is 10.8. The van der Waals surface area contributed by atoms with Crippen molar-refractivity contribution in [2.24, 2.45) is 0 Å². The van der Waals surface area contributed by atoms with Crippen LogP contribution in [0.25, 0.3) is 6.08 Å². The number of carbonyl (C=O) groups is 1. The Morgan fingerprint density at radius 3 is 2.03 bits per heavy atom. The molecule has 0 saturated heterocycles. The van der Waals surface area contributed by atoms with Gasteiger partial charge in [0.05, 0.1) is 5.56 Å². The molecule has 7 nitrogen and oxygen atoms in total. The lowest BCUT2D eigenvalue weighted by Gasteiger charge is -2.15. The van der Waals surface area contributed by atoms with Gasteiger partial charge in [-0.25, -0.2) is 0 Å². The van der Waals surface area contributed by atoms with Crippen molar-refractivity contribution >= 4 is 11.9 Å². The molecule has 2 aromatic rings. The number of ether oxygens (including phenoxy) is 6. The third-order valence-corrected chi connectivity index (χ3v) is 4.47. The molecule has 0 aliphatic carbocycles. The first-order valence-electron chi connectivity index (χ1n) is 10.5. The van der Waals surface area contributed by atoms with Crippen LogP contribution >= 0.6 is 0 Å². The molecule has 0 aliphatic rings. The van der Waals surface area contributed by atoms with Crippen molar-refractivity contribution in [3.8, 4) is 17.2 Å². The summed E-state index contributed by atoms with van der Waals surface area (Å²) in [6.45, 7) is 4.31. The number of benzene rings is 2. The number of carbonyl (C=O) groups excluding carboxylic acids is 1. The SMILES string of the molecule is COCOc1ccc(/C=C/C(=O)c2cc(CC=C(C)C)c(OCOC)cc2OCOC)cc1. The second kappa shape index (κ2) is 14.1. The minimum atomic E-state index is -0.197. The van der Waals surface area contributed by atoms with E-state index in [0.717, 1.165) is 16.7 Å². The molecule has 0 bridgehead atoms. The van der Waals surface area contributed by atoms with Gasteiger partial charge in [0, 0.05) is 27.4 Å². The molecule has 0 heterocycles. The summed E-state index contributed by atoms with van der Waals surface area (Å²) in [5, 5.41) is 0. The van der Waals surface area contributed by atoms with Gasteiger partial charge >= 0.3 is 0 Å². The predicted molar refractivity (Wildman–Crippen MR) is 127 cm³/mol. The summed E-state index contributed by atoms with van der Waals surface area (Å²) in [5.74, 6) is 1.46. The average molecular weight is 457 g/mol. The Labute approximate surface area is 195 Å². The van der Waals surface area contributed by atoms with Crippen LogP contribution in [0.5, 0.6) is 17.2 Å². The first kappa shape index (κ1) is 26.1. The zero-order valence-corrected chi connectivity index (χ0v) is 19.9. The topological polar surface area (TPSA) is 72.5 Å². The number of allylic oxidation sites excluding steroid dienone is 3. The van der Waals surface area contributed by atoms with Gasteiger partial charge in [0.2, 0.25) is 0 Å². The zero-order valence-electron chi connectivity index (χ0n) is 19.9. The van der Waals surface area contributed by atoms with E-state index in [1.54, 1.807) is 32.4 Å². The van der Waals surface area contributed by atoms with Crippen molar-refractivity contribution in [3.63, 3.8) is 0 Å². The Kier molecular flexibility index (Phi) is 11.2. The van der Waals surface area contributed by atoms with E-state index in [-0.39, 0.29) is 26.2 Å². The fraction of sp³-hybridized carbons (Fsp3) is 0.346. The summed E-state index contributed by atoms with van der Waals surface area (Å²) in [6, 6.07) is 10.8. The highest BCUT2D eigenvalue weighted by molar-refractivity contribution is 6.09. The number of ketones is 1. The highest BCUT2D eigenvalue weighted by Gasteiger charge is 2.16. The number of methoxy groups -OCH3 is 3. The molecular weight excluding hydrogens is 424 g/mol. The van der Waals surface area contributed by atoms with Crippen molar-refractivity contribution in [3.05, 3.63) is 70.8 Å². The Morgan fingerprint density at radius 2 is 1.42 bits per heavy atom. The summed E-state index contributed by atoms with van der Waals surface area (Å²) in [6.07, 6.45) is 5.94. The minimum Gasteiger partial charge on any atom is -0.468 e. The third kappa shape index (κ3) is 8.73.